The van der Waals surface area contributed by atoms with Crippen LogP contribution in [0.4, 0.5) is 4.39 Å². The smallest absolute Gasteiger partial charge is 0.191 e. The molecule has 2 rings (SSSR count). The van der Waals surface area contributed by atoms with E-state index in [1.54, 1.807) is 19.2 Å². The number of guanidine groups is 1. The Balaban J connectivity index is 0.00000420. The minimum Gasteiger partial charge on any atom is -0.490 e. The van der Waals surface area contributed by atoms with Crippen molar-refractivity contribution in [2.24, 2.45) is 4.99 Å². The summed E-state index contributed by atoms with van der Waals surface area (Å²) in [6.45, 7) is 6.92. The fourth-order valence-corrected chi connectivity index (χ4v) is 2.66. The third kappa shape index (κ3) is 7.81. The molecule has 0 radical (unpaired) electrons. The Labute approximate surface area is 189 Å². The molecule has 0 heterocycles. The van der Waals surface area contributed by atoms with Crippen LogP contribution in [0.3, 0.4) is 0 Å². The maximum Gasteiger partial charge on any atom is 0.191 e. The van der Waals surface area contributed by atoms with E-state index in [9.17, 15) is 9.50 Å². The van der Waals surface area contributed by atoms with E-state index in [0.717, 1.165) is 28.9 Å². The van der Waals surface area contributed by atoms with Gasteiger partial charge in [0.25, 0.3) is 0 Å². The normalized spacial score (nSPS) is 12.1. The second kappa shape index (κ2) is 12.6. The van der Waals surface area contributed by atoms with Crippen molar-refractivity contribution >= 4 is 29.9 Å². The van der Waals surface area contributed by atoms with E-state index in [4.69, 9.17) is 4.74 Å². The Hall–Kier alpha value is -1.87. The summed E-state index contributed by atoms with van der Waals surface area (Å²) < 4.78 is 19.5. The van der Waals surface area contributed by atoms with Crippen LogP contribution >= 0.6 is 24.0 Å². The monoisotopic (exact) mass is 515 g/mol. The third-order valence-corrected chi connectivity index (χ3v) is 4.54. The zero-order chi connectivity index (χ0) is 20.5. The van der Waals surface area contributed by atoms with Crippen molar-refractivity contribution in [3.05, 3.63) is 64.5 Å². The Bertz CT molecular complexity index is 815. The van der Waals surface area contributed by atoms with Crippen LogP contribution in [0.15, 0.2) is 41.4 Å². The van der Waals surface area contributed by atoms with E-state index >= 15 is 0 Å². The molecule has 0 aliphatic rings. The maximum absolute atomic E-state index is 13.5. The van der Waals surface area contributed by atoms with E-state index in [1.165, 1.54) is 6.07 Å². The van der Waals surface area contributed by atoms with Crippen molar-refractivity contribution in [1.29, 1.82) is 0 Å². The molecule has 29 heavy (non-hydrogen) atoms. The van der Waals surface area contributed by atoms with Crippen LogP contribution in [0, 0.1) is 12.7 Å². The predicted octanol–water partition coefficient (Wildman–Crippen LogP) is 4.29. The number of nitrogens with one attached hydrogen (secondary N) is 2. The molecule has 7 heteroatoms. The summed E-state index contributed by atoms with van der Waals surface area (Å²) in [5, 5.41) is 15.7. The van der Waals surface area contributed by atoms with E-state index in [-0.39, 0.29) is 42.3 Å². The topological polar surface area (TPSA) is 65.9 Å². The lowest BCUT2D eigenvalue weighted by atomic mass is 10.1. The van der Waals surface area contributed by atoms with Crippen molar-refractivity contribution < 1.29 is 14.2 Å². The average Bonchev–Trinajstić information content (AvgIpc) is 2.70. The summed E-state index contributed by atoms with van der Waals surface area (Å²) in [5.41, 5.74) is 3.36. The number of aliphatic imine (C=N–C) groups is 1. The minimum absolute atomic E-state index is 0. The SMILES string of the molecule is CCC(C)Oc1cc(C)ccc1CNC(=NC)NCc1ccc(F)c(CO)c1.I. The summed E-state index contributed by atoms with van der Waals surface area (Å²) in [4.78, 5) is 4.23. The fraction of sp³-hybridized carbons (Fsp3) is 0.409. The largest absolute Gasteiger partial charge is 0.490 e. The molecule has 0 amide bonds. The van der Waals surface area contributed by atoms with Crippen molar-refractivity contribution in [1.82, 2.24) is 10.6 Å². The van der Waals surface area contributed by atoms with E-state index in [2.05, 4.69) is 41.6 Å². The van der Waals surface area contributed by atoms with Crippen LogP contribution in [0.2, 0.25) is 0 Å². The zero-order valence-corrected chi connectivity index (χ0v) is 19.8. The Morgan fingerprint density at radius 3 is 2.52 bits per heavy atom. The number of rotatable bonds is 8. The fourth-order valence-electron chi connectivity index (χ4n) is 2.66. The Morgan fingerprint density at radius 2 is 1.86 bits per heavy atom. The number of hydrogen-bond acceptors (Lipinski definition) is 3. The lowest BCUT2D eigenvalue weighted by Gasteiger charge is -2.18. The van der Waals surface area contributed by atoms with Gasteiger partial charge in [0.2, 0.25) is 0 Å². The molecule has 2 aromatic rings. The highest BCUT2D eigenvalue weighted by molar-refractivity contribution is 14.0. The van der Waals surface area contributed by atoms with Crippen molar-refractivity contribution in [3.63, 3.8) is 0 Å². The minimum atomic E-state index is -0.401. The predicted molar refractivity (Wildman–Crippen MR) is 126 cm³/mol. The molecule has 1 unspecified atom stereocenters. The van der Waals surface area contributed by atoms with Crippen LogP contribution in [0.5, 0.6) is 5.75 Å². The molecule has 2 aromatic carbocycles. The summed E-state index contributed by atoms with van der Waals surface area (Å²) >= 11 is 0. The molecular formula is C22H31FIN3O2. The number of halogens is 2. The first-order valence-corrected chi connectivity index (χ1v) is 9.55. The van der Waals surface area contributed by atoms with Gasteiger partial charge in [-0.25, -0.2) is 4.39 Å². The number of hydrogen-bond donors (Lipinski definition) is 3. The van der Waals surface area contributed by atoms with E-state index in [0.29, 0.717) is 19.0 Å². The number of aryl methyl sites for hydroxylation is 1. The highest BCUT2D eigenvalue weighted by Crippen LogP contribution is 2.22. The van der Waals surface area contributed by atoms with Crippen LogP contribution in [0.1, 0.15) is 42.5 Å². The van der Waals surface area contributed by atoms with Gasteiger partial charge in [0, 0.05) is 31.3 Å². The number of aliphatic hydroxyl groups is 1. The highest BCUT2D eigenvalue weighted by Gasteiger charge is 2.09. The summed E-state index contributed by atoms with van der Waals surface area (Å²) in [7, 11) is 1.70. The maximum atomic E-state index is 13.5. The molecule has 1 atom stereocenters. The van der Waals surface area contributed by atoms with Gasteiger partial charge >= 0.3 is 0 Å². The van der Waals surface area contributed by atoms with Gasteiger partial charge in [0.1, 0.15) is 11.6 Å². The number of aliphatic hydroxyl groups excluding tert-OH is 1. The number of nitrogens with zero attached hydrogens (tertiary/aromatic N) is 1. The lowest BCUT2D eigenvalue weighted by molar-refractivity contribution is 0.215. The van der Waals surface area contributed by atoms with Crippen LogP contribution in [-0.4, -0.2) is 24.2 Å². The molecule has 160 valence electrons. The average molecular weight is 515 g/mol. The molecule has 0 aliphatic carbocycles. The molecule has 5 nitrogen and oxygen atoms in total. The first-order chi connectivity index (χ1) is 13.5. The number of ether oxygens (including phenoxy) is 1. The molecule has 0 aliphatic heterocycles. The molecule has 3 N–H and O–H groups in total. The van der Waals surface area contributed by atoms with Crippen LogP contribution in [-0.2, 0) is 19.7 Å². The van der Waals surface area contributed by atoms with E-state index in [1.807, 2.05) is 13.0 Å². The summed E-state index contributed by atoms with van der Waals surface area (Å²) in [5.74, 6) is 1.11. The molecular weight excluding hydrogens is 484 g/mol. The molecule has 0 bridgehead atoms. The molecule has 0 aromatic heterocycles. The summed E-state index contributed by atoms with van der Waals surface area (Å²) in [6, 6.07) is 10.9. The molecule has 0 spiro atoms. The quantitative estimate of drug-likeness (QED) is 0.279. The Morgan fingerprint density at radius 1 is 1.14 bits per heavy atom. The van der Waals surface area contributed by atoms with Gasteiger partial charge in [-0.3, -0.25) is 4.99 Å². The van der Waals surface area contributed by atoms with E-state index < -0.39 is 5.82 Å². The van der Waals surface area contributed by atoms with Gasteiger partial charge in [-0.05, 0) is 49.6 Å². The van der Waals surface area contributed by atoms with Crippen molar-refractivity contribution in [2.75, 3.05) is 7.05 Å². The Kier molecular flexibility index (Phi) is 11.0. The molecule has 0 saturated carbocycles. The second-order valence-electron chi connectivity index (χ2n) is 6.81. The highest BCUT2D eigenvalue weighted by atomic mass is 127. The van der Waals surface area contributed by atoms with Crippen LogP contribution in [0.25, 0.3) is 0 Å². The van der Waals surface area contributed by atoms with Gasteiger partial charge in [-0.15, -0.1) is 24.0 Å². The van der Waals surface area contributed by atoms with Crippen molar-refractivity contribution in [2.45, 2.75) is 53.0 Å². The van der Waals surface area contributed by atoms with Gasteiger partial charge in [-0.1, -0.05) is 25.1 Å². The van der Waals surface area contributed by atoms with Gasteiger partial charge < -0.3 is 20.5 Å². The molecule has 0 saturated heterocycles. The zero-order valence-electron chi connectivity index (χ0n) is 17.5. The first kappa shape index (κ1) is 25.2. The van der Waals surface area contributed by atoms with Gasteiger partial charge in [0.05, 0.1) is 12.7 Å². The van der Waals surface area contributed by atoms with Crippen LogP contribution < -0.4 is 15.4 Å². The standard InChI is InChI=1S/C22H30FN3O2.HI/c1-5-16(3)28-21-10-15(2)6-8-18(21)13-26-22(24-4)25-12-17-7-9-20(23)19(11-17)14-27;/h6-11,16,27H,5,12-14H2,1-4H3,(H2,24,25,26);1H. The van der Waals surface area contributed by atoms with Gasteiger partial charge in [-0.2, -0.15) is 0 Å². The van der Waals surface area contributed by atoms with Crippen molar-refractivity contribution in [3.8, 4) is 5.75 Å². The number of benzene rings is 2. The molecule has 0 fully saturated rings. The lowest BCUT2D eigenvalue weighted by Crippen LogP contribution is -2.36. The second-order valence-corrected chi connectivity index (χ2v) is 6.81. The first-order valence-electron chi connectivity index (χ1n) is 9.55. The summed E-state index contributed by atoms with van der Waals surface area (Å²) in [6.07, 6.45) is 1.09. The third-order valence-electron chi connectivity index (χ3n) is 4.54. The van der Waals surface area contributed by atoms with Gasteiger partial charge in [0.15, 0.2) is 5.96 Å².